The van der Waals surface area contributed by atoms with Crippen LogP contribution in [0.4, 0.5) is 0 Å². The molecule has 2 aromatic rings. The number of rotatable bonds is 6. The van der Waals surface area contributed by atoms with E-state index in [1.165, 1.54) is 16.8 Å². The van der Waals surface area contributed by atoms with E-state index in [1.807, 2.05) is 29.1 Å². The Bertz CT molecular complexity index is 819. The molecule has 4 rings (SSSR count). The highest BCUT2D eigenvalue weighted by Gasteiger charge is 2.45. The summed E-state index contributed by atoms with van der Waals surface area (Å²) in [5.41, 5.74) is 3.60. The average molecular weight is 383 g/mol. The van der Waals surface area contributed by atoms with Crippen molar-refractivity contribution in [2.75, 3.05) is 20.2 Å². The summed E-state index contributed by atoms with van der Waals surface area (Å²) in [4.78, 5) is 17.8. The summed E-state index contributed by atoms with van der Waals surface area (Å²) in [7, 11) is 1.75. The smallest absolute Gasteiger partial charge is 0.240 e. The lowest BCUT2D eigenvalue weighted by atomic mass is 9.98. The molecule has 2 aliphatic heterocycles. The van der Waals surface area contributed by atoms with Crippen LogP contribution < -0.4 is 0 Å². The maximum Gasteiger partial charge on any atom is 0.240 e. The molecular weight excluding hydrogens is 352 g/mol. The van der Waals surface area contributed by atoms with Crippen molar-refractivity contribution in [2.24, 2.45) is 0 Å². The summed E-state index contributed by atoms with van der Waals surface area (Å²) in [6.07, 6.45) is 3.77. The quantitative estimate of drug-likeness (QED) is 0.769. The van der Waals surface area contributed by atoms with Crippen LogP contribution in [0.1, 0.15) is 30.2 Å². The molecule has 1 amide bonds. The largest absolute Gasteiger partial charge is 0.380 e. The van der Waals surface area contributed by atoms with Crippen LogP contribution in [0, 0.1) is 6.92 Å². The molecule has 0 spiro atoms. The van der Waals surface area contributed by atoms with Crippen LogP contribution in [-0.4, -0.2) is 63.9 Å². The lowest BCUT2D eigenvalue weighted by Crippen LogP contribution is -2.60. The highest BCUT2D eigenvalue weighted by atomic mass is 16.5. The summed E-state index contributed by atoms with van der Waals surface area (Å²) in [5, 5.41) is 4.49. The summed E-state index contributed by atoms with van der Waals surface area (Å²) in [6.45, 7) is 7.45. The number of aryl methyl sites for hydroxylation is 1. The van der Waals surface area contributed by atoms with Gasteiger partial charge in [0.25, 0.3) is 0 Å². The standard InChI is InChI=1S/C22H30N4O2/c1-4-26-16(2)18(12-23-26)13-24-14-19-11-20(28-3)15-25(19)22(27)21(24)10-17-8-6-5-7-9-17/h5-9,12,19-21H,4,10-11,13-15H2,1-3H3/t19-,20-,21-/m0/s1. The van der Waals surface area contributed by atoms with Crippen molar-refractivity contribution >= 4 is 5.91 Å². The molecule has 3 heterocycles. The van der Waals surface area contributed by atoms with Gasteiger partial charge in [0.2, 0.25) is 5.91 Å². The molecule has 2 saturated heterocycles. The third-order valence-electron chi connectivity index (χ3n) is 6.31. The average Bonchev–Trinajstić information content (AvgIpc) is 3.29. The van der Waals surface area contributed by atoms with Crippen molar-refractivity contribution in [3.63, 3.8) is 0 Å². The van der Waals surface area contributed by atoms with E-state index in [4.69, 9.17) is 4.74 Å². The van der Waals surface area contributed by atoms with Gasteiger partial charge in [-0.3, -0.25) is 14.4 Å². The van der Waals surface area contributed by atoms with E-state index >= 15 is 0 Å². The van der Waals surface area contributed by atoms with Gasteiger partial charge in [0.1, 0.15) is 0 Å². The van der Waals surface area contributed by atoms with Crippen molar-refractivity contribution in [2.45, 2.75) is 58.0 Å². The molecule has 0 unspecified atom stereocenters. The van der Waals surface area contributed by atoms with Gasteiger partial charge >= 0.3 is 0 Å². The van der Waals surface area contributed by atoms with Gasteiger partial charge in [0, 0.05) is 50.6 Å². The van der Waals surface area contributed by atoms with Crippen molar-refractivity contribution in [1.29, 1.82) is 0 Å². The lowest BCUT2D eigenvalue weighted by molar-refractivity contribution is -0.144. The first-order valence-corrected chi connectivity index (χ1v) is 10.2. The molecule has 0 radical (unpaired) electrons. The highest BCUT2D eigenvalue weighted by Crippen LogP contribution is 2.30. The third kappa shape index (κ3) is 3.59. The molecule has 6 nitrogen and oxygen atoms in total. The van der Waals surface area contributed by atoms with Crippen LogP contribution >= 0.6 is 0 Å². The maximum atomic E-state index is 13.4. The van der Waals surface area contributed by atoms with Crippen LogP contribution in [0.3, 0.4) is 0 Å². The summed E-state index contributed by atoms with van der Waals surface area (Å²) >= 11 is 0. The van der Waals surface area contributed by atoms with E-state index < -0.39 is 0 Å². The molecular formula is C22H30N4O2. The van der Waals surface area contributed by atoms with Crippen LogP contribution in [-0.2, 0) is 29.0 Å². The molecule has 3 atom stereocenters. The van der Waals surface area contributed by atoms with Gasteiger partial charge in [-0.15, -0.1) is 0 Å². The molecule has 0 saturated carbocycles. The van der Waals surface area contributed by atoms with Crippen LogP contribution in [0.15, 0.2) is 36.5 Å². The zero-order valence-corrected chi connectivity index (χ0v) is 17.0. The number of nitrogens with zero attached hydrogens (tertiary/aromatic N) is 4. The van der Waals surface area contributed by atoms with Gasteiger partial charge in [0.15, 0.2) is 0 Å². The molecule has 6 heteroatoms. The fraction of sp³-hybridized carbons (Fsp3) is 0.545. The van der Waals surface area contributed by atoms with E-state index in [2.05, 4.69) is 40.9 Å². The topological polar surface area (TPSA) is 50.6 Å². The van der Waals surface area contributed by atoms with Gasteiger partial charge in [-0.2, -0.15) is 5.10 Å². The third-order valence-corrected chi connectivity index (χ3v) is 6.31. The van der Waals surface area contributed by atoms with E-state index in [-0.39, 0.29) is 24.1 Å². The first-order valence-electron chi connectivity index (χ1n) is 10.2. The second-order valence-corrected chi connectivity index (χ2v) is 7.94. The number of aromatic nitrogens is 2. The number of hydrogen-bond acceptors (Lipinski definition) is 4. The van der Waals surface area contributed by atoms with Gasteiger partial charge in [-0.25, -0.2) is 0 Å². The van der Waals surface area contributed by atoms with Crippen LogP contribution in [0.25, 0.3) is 0 Å². The van der Waals surface area contributed by atoms with Gasteiger partial charge in [-0.1, -0.05) is 30.3 Å². The summed E-state index contributed by atoms with van der Waals surface area (Å²) in [6, 6.07) is 10.4. The van der Waals surface area contributed by atoms with E-state index in [0.717, 1.165) is 32.5 Å². The molecule has 0 N–H and O–H groups in total. The fourth-order valence-electron chi connectivity index (χ4n) is 4.64. The van der Waals surface area contributed by atoms with Crippen molar-refractivity contribution in [1.82, 2.24) is 19.6 Å². The molecule has 0 aliphatic carbocycles. The maximum absolute atomic E-state index is 13.4. The Morgan fingerprint density at radius 1 is 1.21 bits per heavy atom. The second-order valence-electron chi connectivity index (χ2n) is 7.94. The Labute approximate surface area is 167 Å². The second kappa shape index (κ2) is 8.05. The minimum atomic E-state index is -0.140. The lowest BCUT2D eigenvalue weighted by Gasteiger charge is -2.43. The van der Waals surface area contributed by atoms with Gasteiger partial charge < -0.3 is 9.64 Å². The molecule has 2 fully saturated rings. The molecule has 150 valence electrons. The number of benzene rings is 1. The minimum Gasteiger partial charge on any atom is -0.380 e. The number of piperazine rings is 1. The first-order chi connectivity index (χ1) is 13.6. The Morgan fingerprint density at radius 2 is 2.00 bits per heavy atom. The fourth-order valence-corrected chi connectivity index (χ4v) is 4.64. The SMILES string of the molecule is CCn1ncc(CN2C[C@@H]3C[C@H](OC)CN3C(=O)[C@@H]2Cc2ccccc2)c1C. The van der Waals surface area contributed by atoms with Gasteiger partial charge in [0.05, 0.1) is 18.3 Å². The van der Waals surface area contributed by atoms with Crippen molar-refractivity contribution in [3.8, 4) is 0 Å². The Kier molecular flexibility index (Phi) is 5.51. The summed E-state index contributed by atoms with van der Waals surface area (Å²) in [5.74, 6) is 0.236. The van der Waals surface area contributed by atoms with Crippen molar-refractivity contribution < 1.29 is 9.53 Å². The Hall–Kier alpha value is -2.18. The predicted octanol–water partition coefficient (Wildman–Crippen LogP) is 2.25. The predicted molar refractivity (Wildman–Crippen MR) is 108 cm³/mol. The molecule has 1 aromatic carbocycles. The zero-order valence-electron chi connectivity index (χ0n) is 17.0. The summed E-state index contributed by atoms with van der Waals surface area (Å²) < 4.78 is 7.59. The van der Waals surface area contributed by atoms with E-state index in [9.17, 15) is 4.79 Å². The molecule has 2 aliphatic rings. The highest BCUT2D eigenvalue weighted by molar-refractivity contribution is 5.84. The zero-order chi connectivity index (χ0) is 19.7. The monoisotopic (exact) mass is 382 g/mol. The number of hydrogen-bond donors (Lipinski definition) is 0. The number of carbonyl (C=O) groups is 1. The normalized spacial score (nSPS) is 25.3. The first kappa shape index (κ1) is 19.2. The van der Waals surface area contributed by atoms with E-state index in [0.29, 0.717) is 6.54 Å². The Balaban J connectivity index is 1.60. The van der Waals surface area contributed by atoms with E-state index in [1.54, 1.807) is 7.11 Å². The van der Waals surface area contributed by atoms with Gasteiger partial charge in [-0.05, 0) is 32.3 Å². The molecule has 0 bridgehead atoms. The Morgan fingerprint density at radius 3 is 2.68 bits per heavy atom. The van der Waals surface area contributed by atoms with Crippen LogP contribution in [0.5, 0.6) is 0 Å². The number of carbonyl (C=O) groups excluding carboxylic acids is 1. The number of fused-ring (bicyclic) bond motifs is 1. The van der Waals surface area contributed by atoms with Crippen molar-refractivity contribution in [3.05, 3.63) is 53.3 Å². The molecule has 1 aromatic heterocycles. The number of amides is 1. The molecule has 28 heavy (non-hydrogen) atoms. The minimum absolute atomic E-state index is 0.140. The number of ether oxygens (including phenoxy) is 1. The van der Waals surface area contributed by atoms with Crippen LogP contribution in [0.2, 0.25) is 0 Å². The number of methoxy groups -OCH3 is 1.